The zero-order valence-corrected chi connectivity index (χ0v) is 11.3. The predicted molar refractivity (Wildman–Crippen MR) is 69.1 cm³/mol. The van der Waals surface area contributed by atoms with Gasteiger partial charge < -0.3 is 10.6 Å². The van der Waals surface area contributed by atoms with Crippen LogP contribution in [0.1, 0.15) is 35.2 Å². The van der Waals surface area contributed by atoms with Crippen LogP contribution in [-0.4, -0.2) is 29.9 Å². The Morgan fingerprint density at radius 3 is 2.48 bits per heavy atom. The standard InChI is InChI=1S/C14H16F4N2O/c15-12-5-4-9(14(16,17)18)8-11(12)13(21)20(7-6-19)10-2-1-3-10/h4-5,8,10H,1-3,6-7,19H2. The minimum Gasteiger partial charge on any atom is -0.334 e. The number of halogens is 4. The van der Waals surface area contributed by atoms with E-state index in [-0.39, 0.29) is 19.1 Å². The first-order valence-electron chi connectivity index (χ1n) is 6.72. The molecule has 0 bridgehead atoms. The fourth-order valence-electron chi connectivity index (χ4n) is 2.31. The first-order valence-corrected chi connectivity index (χ1v) is 6.72. The van der Waals surface area contributed by atoms with Crippen molar-refractivity contribution in [2.75, 3.05) is 13.1 Å². The van der Waals surface area contributed by atoms with Crippen molar-refractivity contribution in [1.29, 1.82) is 0 Å². The fourth-order valence-corrected chi connectivity index (χ4v) is 2.31. The third-order valence-corrected chi connectivity index (χ3v) is 3.67. The Bertz CT molecular complexity index is 526. The lowest BCUT2D eigenvalue weighted by Crippen LogP contribution is -2.46. The zero-order valence-electron chi connectivity index (χ0n) is 11.3. The van der Waals surface area contributed by atoms with E-state index in [2.05, 4.69) is 0 Å². The molecule has 0 saturated heterocycles. The van der Waals surface area contributed by atoms with E-state index in [1.165, 1.54) is 4.90 Å². The molecule has 0 aliphatic heterocycles. The molecule has 2 rings (SSSR count). The maximum atomic E-state index is 13.7. The number of nitrogens with zero attached hydrogens (tertiary/aromatic N) is 1. The highest BCUT2D eigenvalue weighted by atomic mass is 19.4. The minimum atomic E-state index is -4.61. The zero-order chi connectivity index (χ0) is 15.6. The van der Waals surface area contributed by atoms with Gasteiger partial charge in [-0.1, -0.05) is 0 Å². The van der Waals surface area contributed by atoms with Crippen LogP contribution < -0.4 is 5.73 Å². The van der Waals surface area contributed by atoms with Gasteiger partial charge in [-0.3, -0.25) is 4.79 Å². The quantitative estimate of drug-likeness (QED) is 0.870. The molecule has 1 saturated carbocycles. The third-order valence-electron chi connectivity index (χ3n) is 3.67. The number of carbonyl (C=O) groups is 1. The number of rotatable bonds is 4. The molecule has 1 aromatic carbocycles. The summed E-state index contributed by atoms with van der Waals surface area (Å²) in [4.78, 5) is 13.7. The summed E-state index contributed by atoms with van der Waals surface area (Å²) in [6.07, 6.45) is -2.12. The lowest BCUT2D eigenvalue weighted by Gasteiger charge is -2.37. The van der Waals surface area contributed by atoms with Gasteiger partial charge in [0, 0.05) is 19.1 Å². The molecule has 0 unspecified atom stereocenters. The highest BCUT2D eigenvalue weighted by Gasteiger charge is 2.34. The molecule has 1 aromatic rings. The molecular weight excluding hydrogens is 288 g/mol. The molecule has 0 heterocycles. The molecule has 1 fully saturated rings. The maximum Gasteiger partial charge on any atom is 0.416 e. The Labute approximate surface area is 119 Å². The van der Waals surface area contributed by atoms with Gasteiger partial charge in [0.25, 0.3) is 5.91 Å². The smallest absolute Gasteiger partial charge is 0.334 e. The van der Waals surface area contributed by atoms with Gasteiger partial charge in [-0.15, -0.1) is 0 Å². The number of benzene rings is 1. The van der Waals surface area contributed by atoms with Gasteiger partial charge in [0.05, 0.1) is 11.1 Å². The molecule has 21 heavy (non-hydrogen) atoms. The van der Waals surface area contributed by atoms with Crippen LogP contribution in [0.25, 0.3) is 0 Å². The second-order valence-corrected chi connectivity index (χ2v) is 5.06. The summed E-state index contributed by atoms with van der Waals surface area (Å²) in [7, 11) is 0. The number of carbonyl (C=O) groups excluding carboxylic acids is 1. The monoisotopic (exact) mass is 304 g/mol. The van der Waals surface area contributed by atoms with Crippen molar-refractivity contribution in [3.8, 4) is 0 Å². The molecule has 3 nitrogen and oxygen atoms in total. The molecule has 2 N–H and O–H groups in total. The van der Waals surface area contributed by atoms with Crippen molar-refractivity contribution >= 4 is 5.91 Å². The summed E-state index contributed by atoms with van der Waals surface area (Å²) in [5.74, 6) is -1.68. The van der Waals surface area contributed by atoms with E-state index in [1.54, 1.807) is 0 Å². The van der Waals surface area contributed by atoms with Crippen LogP contribution in [0, 0.1) is 5.82 Å². The predicted octanol–water partition coefficient (Wildman–Crippen LogP) is 2.80. The summed E-state index contributed by atoms with van der Waals surface area (Å²) < 4.78 is 51.8. The second kappa shape index (κ2) is 6.01. The Morgan fingerprint density at radius 2 is 2.00 bits per heavy atom. The normalized spacial score (nSPS) is 15.7. The van der Waals surface area contributed by atoms with E-state index in [1.807, 2.05) is 0 Å². The van der Waals surface area contributed by atoms with Crippen LogP contribution in [0.15, 0.2) is 18.2 Å². The number of nitrogens with two attached hydrogens (primary N) is 1. The van der Waals surface area contributed by atoms with Crippen molar-refractivity contribution in [2.45, 2.75) is 31.5 Å². The van der Waals surface area contributed by atoms with Gasteiger partial charge in [-0.05, 0) is 37.5 Å². The van der Waals surface area contributed by atoms with Crippen molar-refractivity contribution in [1.82, 2.24) is 4.90 Å². The van der Waals surface area contributed by atoms with Crippen LogP contribution in [0.3, 0.4) is 0 Å². The fraction of sp³-hybridized carbons (Fsp3) is 0.500. The molecule has 7 heteroatoms. The molecule has 1 aliphatic rings. The largest absolute Gasteiger partial charge is 0.416 e. The molecule has 0 atom stereocenters. The topological polar surface area (TPSA) is 46.3 Å². The Hall–Kier alpha value is -1.63. The second-order valence-electron chi connectivity index (χ2n) is 5.06. The average molecular weight is 304 g/mol. The number of amides is 1. The molecule has 0 radical (unpaired) electrons. The molecule has 116 valence electrons. The van der Waals surface area contributed by atoms with Gasteiger partial charge in [0.15, 0.2) is 0 Å². The molecular formula is C14H16F4N2O. The molecule has 1 aliphatic carbocycles. The summed E-state index contributed by atoms with van der Waals surface area (Å²) >= 11 is 0. The Morgan fingerprint density at radius 1 is 1.33 bits per heavy atom. The van der Waals surface area contributed by atoms with Crippen molar-refractivity contribution in [3.63, 3.8) is 0 Å². The first kappa shape index (κ1) is 15.8. The van der Waals surface area contributed by atoms with Crippen molar-refractivity contribution in [3.05, 3.63) is 35.1 Å². The summed E-state index contributed by atoms with van der Waals surface area (Å²) in [6.45, 7) is 0.391. The summed E-state index contributed by atoms with van der Waals surface area (Å²) in [5, 5.41) is 0. The SMILES string of the molecule is NCCN(C(=O)c1cc(C(F)(F)F)ccc1F)C1CCC1. The van der Waals surface area contributed by atoms with E-state index in [4.69, 9.17) is 5.73 Å². The van der Waals surface area contributed by atoms with E-state index in [0.29, 0.717) is 18.2 Å². The van der Waals surface area contributed by atoms with Gasteiger partial charge in [0.1, 0.15) is 5.82 Å². The van der Waals surface area contributed by atoms with Gasteiger partial charge in [-0.25, -0.2) is 4.39 Å². The summed E-state index contributed by atoms with van der Waals surface area (Å²) in [5.41, 5.74) is 3.85. The Kier molecular flexibility index (Phi) is 4.51. The lowest BCUT2D eigenvalue weighted by atomic mass is 9.90. The molecule has 1 amide bonds. The van der Waals surface area contributed by atoms with Crippen LogP contribution in [-0.2, 0) is 6.18 Å². The lowest BCUT2D eigenvalue weighted by molar-refractivity contribution is -0.137. The first-order chi connectivity index (χ1) is 9.84. The van der Waals surface area contributed by atoms with Crippen LogP contribution in [0.4, 0.5) is 17.6 Å². The number of hydrogen-bond donors (Lipinski definition) is 1. The van der Waals surface area contributed by atoms with E-state index in [9.17, 15) is 22.4 Å². The van der Waals surface area contributed by atoms with Crippen molar-refractivity contribution < 1.29 is 22.4 Å². The van der Waals surface area contributed by atoms with Gasteiger partial charge in [-0.2, -0.15) is 13.2 Å². The van der Waals surface area contributed by atoms with Crippen LogP contribution in [0.2, 0.25) is 0 Å². The number of hydrogen-bond acceptors (Lipinski definition) is 2. The van der Waals surface area contributed by atoms with E-state index < -0.39 is 29.0 Å². The minimum absolute atomic E-state index is 0.0602. The van der Waals surface area contributed by atoms with Crippen LogP contribution in [0.5, 0.6) is 0 Å². The highest BCUT2D eigenvalue weighted by Crippen LogP contribution is 2.32. The highest BCUT2D eigenvalue weighted by molar-refractivity contribution is 5.95. The maximum absolute atomic E-state index is 13.7. The summed E-state index contributed by atoms with van der Waals surface area (Å²) in [6, 6.07) is 1.81. The van der Waals surface area contributed by atoms with Crippen molar-refractivity contribution in [2.24, 2.45) is 5.73 Å². The average Bonchev–Trinajstić information content (AvgIpc) is 2.34. The third kappa shape index (κ3) is 3.34. The van der Waals surface area contributed by atoms with Crippen LogP contribution >= 0.6 is 0 Å². The number of alkyl halides is 3. The molecule has 0 spiro atoms. The van der Waals surface area contributed by atoms with Gasteiger partial charge >= 0.3 is 6.18 Å². The van der Waals surface area contributed by atoms with E-state index in [0.717, 1.165) is 19.3 Å². The Balaban J connectivity index is 2.32. The van der Waals surface area contributed by atoms with Gasteiger partial charge in [0.2, 0.25) is 0 Å². The molecule has 0 aromatic heterocycles. The van der Waals surface area contributed by atoms with E-state index >= 15 is 0 Å².